The number of nitrogens with zero attached hydrogens (tertiary/aromatic N) is 3. The Hall–Kier alpha value is -2.70. The molecule has 0 N–H and O–H groups in total. The fourth-order valence-corrected chi connectivity index (χ4v) is 2.81. The van der Waals surface area contributed by atoms with Crippen molar-refractivity contribution in [1.82, 2.24) is 14.9 Å². The maximum atomic E-state index is 12.9. The number of carbonyl (C=O) groups excluding carboxylic acids is 1. The van der Waals surface area contributed by atoms with Crippen LogP contribution in [0.3, 0.4) is 0 Å². The number of hydrogen-bond donors (Lipinski definition) is 0. The smallest absolute Gasteiger partial charge is 0.336 e. The average Bonchev–Trinajstić information content (AvgIpc) is 2.58. The number of sulfone groups is 1. The van der Waals surface area contributed by atoms with E-state index in [-0.39, 0.29) is 11.8 Å². The van der Waals surface area contributed by atoms with E-state index in [0.29, 0.717) is 12.1 Å². The van der Waals surface area contributed by atoms with Crippen LogP contribution >= 0.6 is 0 Å². The SMILES string of the molecule is CN(Cc1cc(C(F)(F)F)cc(C(F)(F)F)c1)C(=O)c1ccnc(S(C)(=O)=O)n1. The van der Waals surface area contributed by atoms with Gasteiger partial charge in [0, 0.05) is 26.0 Å². The van der Waals surface area contributed by atoms with E-state index in [1.54, 1.807) is 0 Å². The molecule has 1 amide bonds. The number of carbonyl (C=O) groups is 1. The van der Waals surface area contributed by atoms with E-state index in [0.717, 1.165) is 30.5 Å². The standard InChI is InChI=1S/C16H13F6N3O3S/c1-25(13(26)12-3-4-23-14(24-12)29(2,27)28)8-9-5-10(15(17,18)19)7-11(6-9)16(20,21)22/h3-7H,8H2,1-2H3. The minimum atomic E-state index is -5.02. The Morgan fingerprint density at radius 1 is 1.03 bits per heavy atom. The van der Waals surface area contributed by atoms with Crippen LogP contribution in [0.5, 0.6) is 0 Å². The molecule has 0 fully saturated rings. The first-order valence-electron chi connectivity index (χ1n) is 7.66. The molecule has 0 aliphatic rings. The lowest BCUT2D eigenvalue weighted by molar-refractivity contribution is -0.143. The van der Waals surface area contributed by atoms with Crippen molar-refractivity contribution in [3.8, 4) is 0 Å². The Morgan fingerprint density at radius 3 is 2.00 bits per heavy atom. The van der Waals surface area contributed by atoms with Gasteiger partial charge in [0.2, 0.25) is 15.0 Å². The summed E-state index contributed by atoms with van der Waals surface area (Å²) in [7, 11) is -2.71. The van der Waals surface area contributed by atoms with Crippen LogP contribution in [0.2, 0.25) is 0 Å². The van der Waals surface area contributed by atoms with E-state index in [1.165, 1.54) is 0 Å². The Balaban J connectivity index is 2.37. The number of hydrogen-bond acceptors (Lipinski definition) is 5. The molecule has 0 unspecified atom stereocenters. The summed E-state index contributed by atoms with van der Waals surface area (Å²) in [6.07, 6.45) is -8.23. The minimum absolute atomic E-state index is 0.0197. The van der Waals surface area contributed by atoms with Crippen molar-refractivity contribution in [1.29, 1.82) is 0 Å². The zero-order chi connectivity index (χ0) is 22.2. The third-order valence-electron chi connectivity index (χ3n) is 3.60. The monoisotopic (exact) mass is 441 g/mol. The van der Waals surface area contributed by atoms with Crippen molar-refractivity contribution >= 4 is 15.7 Å². The first kappa shape index (κ1) is 22.6. The molecule has 158 valence electrons. The van der Waals surface area contributed by atoms with E-state index in [9.17, 15) is 39.6 Å². The summed E-state index contributed by atoms with van der Waals surface area (Å²) < 4.78 is 101. The van der Waals surface area contributed by atoms with E-state index >= 15 is 0 Å². The highest BCUT2D eigenvalue weighted by Crippen LogP contribution is 2.36. The van der Waals surface area contributed by atoms with Gasteiger partial charge in [-0.25, -0.2) is 18.4 Å². The summed E-state index contributed by atoms with van der Waals surface area (Å²) in [5.41, 5.74) is -3.82. The fourth-order valence-electron chi connectivity index (χ4n) is 2.29. The van der Waals surface area contributed by atoms with Crippen LogP contribution in [0, 0.1) is 0 Å². The Morgan fingerprint density at radius 2 is 1.55 bits per heavy atom. The number of halogens is 6. The normalized spacial score (nSPS) is 12.7. The van der Waals surface area contributed by atoms with Gasteiger partial charge < -0.3 is 4.90 Å². The summed E-state index contributed by atoms with van der Waals surface area (Å²) in [5.74, 6) is -0.914. The van der Waals surface area contributed by atoms with E-state index < -0.39 is 56.5 Å². The molecule has 0 spiro atoms. The maximum absolute atomic E-state index is 12.9. The summed E-state index contributed by atoms with van der Waals surface area (Å²) >= 11 is 0. The molecule has 29 heavy (non-hydrogen) atoms. The van der Waals surface area contributed by atoms with Crippen LogP contribution in [0.1, 0.15) is 27.2 Å². The maximum Gasteiger partial charge on any atom is 0.416 e. The zero-order valence-electron chi connectivity index (χ0n) is 14.8. The van der Waals surface area contributed by atoms with E-state index in [4.69, 9.17) is 0 Å². The molecule has 0 bridgehead atoms. The number of benzene rings is 1. The van der Waals surface area contributed by atoms with Crippen molar-refractivity contribution in [3.63, 3.8) is 0 Å². The molecule has 1 aromatic carbocycles. The summed E-state index contributed by atoms with van der Waals surface area (Å²) in [5, 5.41) is -0.643. The predicted octanol–water partition coefficient (Wildman–Crippen LogP) is 3.19. The molecule has 0 radical (unpaired) electrons. The minimum Gasteiger partial charge on any atom is -0.336 e. The van der Waals surface area contributed by atoms with Gasteiger partial charge in [0.15, 0.2) is 0 Å². The highest BCUT2D eigenvalue weighted by atomic mass is 32.2. The molecule has 1 heterocycles. The van der Waals surface area contributed by atoms with E-state index in [1.807, 2.05) is 0 Å². The molecule has 2 aromatic rings. The first-order chi connectivity index (χ1) is 13.1. The van der Waals surface area contributed by atoms with Crippen LogP contribution in [0.4, 0.5) is 26.3 Å². The number of rotatable bonds is 4. The molecule has 0 saturated carbocycles. The third kappa shape index (κ3) is 5.65. The van der Waals surface area contributed by atoms with Crippen LogP contribution in [0.15, 0.2) is 35.6 Å². The second-order valence-corrected chi connectivity index (χ2v) is 7.98. The van der Waals surface area contributed by atoms with Gasteiger partial charge in [0.25, 0.3) is 5.91 Å². The van der Waals surface area contributed by atoms with Crippen LogP contribution in [0.25, 0.3) is 0 Å². The molecule has 6 nitrogen and oxygen atoms in total. The summed E-state index contributed by atoms with van der Waals surface area (Å²) in [4.78, 5) is 20.3. The second-order valence-electron chi connectivity index (χ2n) is 6.07. The van der Waals surface area contributed by atoms with Gasteiger partial charge >= 0.3 is 12.4 Å². The van der Waals surface area contributed by atoms with Crippen LogP contribution < -0.4 is 0 Å². The summed E-state index contributed by atoms with van der Waals surface area (Å²) in [6.45, 7) is -0.607. The lowest BCUT2D eigenvalue weighted by Gasteiger charge is -2.19. The Bertz CT molecular complexity index is 1000. The highest BCUT2D eigenvalue weighted by molar-refractivity contribution is 7.90. The number of alkyl halides is 6. The predicted molar refractivity (Wildman–Crippen MR) is 87.4 cm³/mol. The molecule has 0 atom stereocenters. The fraction of sp³-hybridized carbons (Fsp3) is 0.312. The number of aromatic nitrogens is 2. The van der Waals surface area contributed by atoms with Gasteiger partial charge in [0.1, 0.15) is 5.69 Å². The van der Waals surface area contributed by atoms with Gasteiger partial charge in [-0.2, -0.15) is 26.3 Å². The molecule has 0 saturated heterocycles. The van der Waals surface area contributed by atoms with Gasteiger partial charge in [-0.1, -0.05) is 0 Å². The van der Waals surface area contributed by atoms with Crippen molar-refractivity contribution in [2.24, 2.45) is 0 Å². The lowest BCUT2D eigenvalue weighted by Crippen LogP contribution is -2.28. The molecule has 0 aliphatic carbocycles. The second kappa shape index (κ2) is 7.61. The molecule has 2 rings (SSSR count). The molecule has 13 heteroatoms. The summed E-state index contributed by atoms with van der Waals surface area (Å²) in [6, 6.07) is 2.05. The molecular weight excluding hydrogens is 428 g/mol. The quantitative estimate of drug-likeness (QED) is 0.538. The molecule has 1 aromatic heterocycles. The highest BCUT2D eigenvalue weighted by Gasteiger charge is 2.37. The van der Waals surface area contributed by atoms with Crippen LogP contribution in [-0.4, -0.2) is 42.5 Å². The van der Waals surface area contributed by atoms with Crippen molar-refractivity contribution in [2.75, 3.05) is 13.3 Å². The first-order valence-corrected chi connectivity index (χ1v) is 9.55. The Kier molecular flexibility index (Phi) is 5.93. The zero-order valence-corrected chi connectivity index (χ0v) is 15.7. The van der Waals surface area contributed by atoms with Crippen LogP contribution in [-0.2, 0) is 28.7 Å². The van der Waals surface area contributed by atoms with Gasteiger partial charge in [-0.05, 0) is 29.8 Å². The van der Waals surface area contributed by atoms with Gasteiger partial charge in [0.05, 0.1) is 11.1 Å². The molecular formula is C16H13F6N3O3S. The van der Waals surface area contributed by atoms with Crippen molar-refractivity contribution in [3.05, 3.63) is 52.8 Å². The van der Waals surface area contributed by atoms with E-state index in [2.05, 4.69) is 9.97 Å². The Labute approximate surface area is 161 Å². The van der Waals surface area contributed by atoms with Crippen molar-refractivity contribution in [2.45, 2.75) is 24.1 Å². The number of amides is 1. The average molecular weight is 441 g/mol. The van der Waals surface area contributed by atoms with Crippen molar-refractivity contribution < 1.29 is 39.6 Å². The largest absolute Gasteiger partial charge is 0.416 e. The van der Waals surface area contributed by atoms with Gasteiger partial charge in [-0.15, -0.1) is 0 Å². The topological polar surface area (TPSA) is 80.2 Å². The lowest BCUT2D eigenvalue weighted by atomic mass is 10.0. The molecule has 0 aliphatic heterocycles. The van der Waals surface area contributed by atoms with Gasteiger partial charge in [-0.3, -0.25) is 4.79 Å². The third-order valence-corrected chi connectivity index (χ3v) is 4.46.